The molecule has 0 fully saturated rings. The monoisotopic (exact) mass is 370 g/mol. The lowest BCUT2D eigenvalue weighted by Gasteiger charge is -2.09. The fourth-order valence-electron chi connectivity index (χ4n) is 2.30. The Hall–Kier alpha value is -2.85. The molecule has 0 aliphatic heterocycles. The average molecular weight is 370 g/mol. The number of rotatable bonds is 3. The molecule has 3 rings (SSSR count). The zero-order valence-corrected chi connectivity index (χ0v) is 13.1. The number of nitrogens with zero attached hydrogens (tertiary/aromatic N) is 1. The van der Waals surface area contributed by atoms with Crippen LogP contribution in [0.5, 0.6) is 0 Å². The molecule has 10 heteroatoms. The van der Waals surface area contributed by atoms with Crippen LogP contribution in [0, 0.1) is 17.5 Å². The minimum atomic E-state index is -4.47. The highest BCUT2D eigenvalue weighted by molar-refractivity contribution is 7.89. The van der Waals surface area contributed by atoms with Crippen LogP contribution in [0.2, 0.25) is 0 Å². The van der Waals surface area contributed by atoms with E-state index in [2.05, 4.69) is 4.42 Å². The van der Waals surface area contributed by atoms with Crippen LogP contribution < -0.4 is 10.9 Å². The molecule has 0 unspecified atom stereocenters. The van der Waals surface area contributed by atoms with Crippen LogP contribution >= 0.6 is 0 Å². The zero-order valence-electron chi connectivity index (χ0n) is 12.2. The summed E-state index contributed by atoms with van der Waals surface area (Å²) < 4.78 is 69.7. The van der Waals surface area contributed by atoms with Crippen molar-refractivity contribution in [2.75, 3.05) is 0 Å². The summed E-state index contributed by atoms with van der Waals surface area (Å²) in [5.41, 5.74) is -0.669. The molecule has 0 saturated carbocycles. The summed E-state index contributed by atoms with van der Waals surface area (Å²) in [7, 11) is -4.47. The number of hydrogen-bond acceptors (Lipinski definition) is 4. The van der Waals surface area contributed by atoms with Gasteiger partial charge in [0.05, 0.1) is 11.4 Å². The molecule has 0 amide bonds. The van der Waals surface area contributed by atoms with Gasteiger partial charge in [-0.2, -0.15) is 0 Å². The molecular weight excluding hydrogens is 361 g/mol. The van der Waals surface area contributed by atoms with Crippen molar-refractivity contribution in [2.24, 2.45) is 5.14 Å². The van der Waals surface area contributed by atoms with Gasteiger partial charge in [0.25, 0.3) is 0 Å². The smallest absolute Gasteiger partial charge is 0.415 e. The van der Waals surface area contributed by atoms with Crippen LogP contribution in [0.4, 0.5) is 13.2 Å². The maximum atomic E-state index is 14.3. The van der Waals surface area contributed by atoms with Crippen LogP contribution in [0.3, 0.4) is 0 Å². The molecule has 2 N–H and O–H groups in total. The molecule has 1 heterocycles. The third-order valence-electron chi connectivity index (χ3n) is 3.37. The van der Waals surface area contributed by atoms with Crippen molar-refractivity contribution in [2.45, 2.75) is 4.90 Å². The number of nitrogens with two attached hydrogens (primary N) is 1. The first kappa shape index (κ1) is 17.0. The predicted molar refractivity (Wildman–Crippen MR) is 81.0 cm³/mol. The van der Waals surface area contributed by atoms with Gasteiger partial charge in [0.1, 0.15) is 28.6 Å². The van der Waals surface area contributed by atoms with E-state index < -0.39 is 43.7 Å². The van der Waals surface area contributed by atoms with E-state index >= 15 is 0 Å². The number of aromatic nitrogens is 1. The van der Waals surface area contributed by atoms with E-state index in [1.807, 2.05) is 0 Å². The highest BCUT2D eigenvalue weighted by Gasteiger charge is 2.22. The molecule has 3 aromatic rings. The summed E-state index contributed by atoms with van der Waals surface area (Å²) in [6.45, 7) is 0. The molecule has 0 aliphatic carbocycles. The van der Waals surface area contributed by atoms with E-state index in [1.54, 1.807) is 0 Å². The van der Waals surface area contributed by atoms with Crippen molar-refractivity contribution in [1.82, 2.24) is 4.57 Å². The standard InChI is InChI=1S/C15H9F3N2O4S/c16-8-2-1-3-9(4-8)20-13(7-24-15(20)21)10-5-12(18)14(6-11(10)17)25(19,22)23/h1-7H,(H2,19,22,23). The van der Waals surface area contributed by atoms with Crippen LogP contribution in [-0.2, 0) is 10.0 Å². The minimum Gasteiger partial charge on any atom is -0.415 e. The normalized spacial score (nSPS) is 11.7. The number of benzene rings is 2. The van der Waals surface area contributed by atoms with Gasteiger partial charge >= 0.3 is 5.76 Å². The molecular formula is C15H9F3N2O4S. The summed E-state index contributed by atoms with van der Waals surface area (Å²) in [6.07, 6.45) is 0.849. The van der Waals surface area contributed by atoms with Gasteiger partial charge in [-0.1, -0.05) is 6.07 Å². The Morgan fingerprint density at radius 1 is 1.04 bits per heavy atom. The molecule has 25 heavy (non-hydrogen) atoms. The van der Waals surface area contributed by atoms with Crippen LogP contribution in [-0.4, -0.2) is 13.0 Å². The number of primary sulfonamides is 1. The third-order valence-corrected chi connectivity index (χ3v) is 4.29. The quantitative estimate of drug-likeness (QED) is 0.764. The Kier molecular flexibility index (Phi) is 4.01. The van der Waals surface area contributed by atoms with Gasteiger partial charge in [0.15, 0.2) is 0 Å². The van der Waals surface area contributed by atoms with Crippen molar-refractivity contribution < 1.29 is 26.0 Å². The van der Waals surface area contributed by atoms with Gasteiger partial charge in [-0.15, -0.1) is 0 Å². The summed E-state index contributed by atoms with van der Waals surface area (Å²) >= 11 is 0. The summed E-state index contributed by atoms with van der Waals surface area (Å²) in [5, 5.41) is 4.81. The molecule has 6 nitrogen and oxygen atoms in total. The van der Waals surface area contributed by atoms with E-state index in [1.165, 1.54) is 12.1 Å². The second-order valence-corrected chi connectivity index (χ2v) is 6.54. The Morgan fingerprint density at radius 2 is 1.76 bits per heavy atom. The van der Waals surface area contributed by atoms with Gasteiger partial charge in [-0.25, -0.2) is 36.1 Å². The highest BCUT2D eigenvalue weighted by atomic mass is 32.2. The zero-order chi connectivity index (χ0) is 18.4. The van der Waals surface area contributed by atoms with E-state index in [0.29, 0.717) is 12.1 Å². The minimum absolute atomic E-state index is 0.0177. The van der Waals surface area contributed by atoms with E-state index in [9.17, 15) is 26.4 Å². The SMILES string of the molecule is NS(=O)(=O)c1cc(F)c(-c2coc(=O)n2-c2cccc(F)c2)cc1F. The van der Waals surface area contributed by atoms with Crippen molar-refractivity contribution in [1.29, 1.82) is 0 Å². The van der Waals surface area contributed by atoms with Gasteiger partial charge in [-0.3, -0.25) is 0 Å². The summed E-state index contributed by atoms with van der Waals surface area (Å²) in [4.78, 5) is 10.9. The molecule has 0 aliphatic rings. The largest absolute Gasteiger partial charge is 0.424 e. The van der Waals surface area contributed by atoms with E-state index in [-0.39, 0.29) is 11.4 Å². The van der Waals surface area contributed by atoms with Crippen molar-refractivity contribution in [3.8, 4) is 16.9 Å². The molecule has 1 aromatic heterocycles. The fourth-order valence-corrected chi connectivity index (χ4v) is 2.89. The molecule has 0 spiro atoms. The second-order valence-electron chi connectivity index (χ2n) is 5.01. The molecule has 0 atom stereocenters. The van der Waals surface area contributed by atoms with Crippen molar-refractivity contribution in [3.05, 3.63) is 70.7 Å². The Bertz CT molecular complexity index is 1140. The number of hydrogen-bond donors (Lipinski definition) is 1. The van der Waals surface area contributed by atoms with Crippen LogP contribution in [0.25, 0.3) is 16.9 Å². The lowest BCUT2D eigenvalue weighted by Crippen LogP contribution is -2.16. The first-order valence-corrected chi connectivity index (χ1v) is 8.22. The number of oxazole rings is 1. The number of halogens is 3. The van der Waals surface area contributed by atoms with Crippen LogP contribution in [0.1, 0.15) is 0 Å². The van der Waals surface area contributed by atoms with Gasteiger partial charge in [-0.05, 0) is 30.3 Å². The molecule has 2 aromatic carbocycles. The fraction of sp³-hybridized carbons (Fsp3) is 0. The Balaban J connectivity index is 2.26. The molecule has 130 valence electrons. The molecule has 0 bridgehead atoms. The van der Waals surface area contributed by atoms with Crippen LogP contribution in [0.15, 0.2) is 56.8 Å². The molecule has 0 saturated heterocycles. The van der Waals surface area contributed by atoms with Crippen molar-refractivity contribution in [3.63, 3.8) is 0 Å². The lowest BCUT2D eigenvalue weighted by molar-refractivity contribution is 0.503. The Morgan fingerprint density at radius 3 is 2.40 bits per heavy atom. The maximum absolute atomic E-state index is 14.3. The summed E-state index contributed by atoms with van der Waals surface area (Å²) in [5.74, 6) is -4.08. The number of sulfonamides is 1. The second kappa shape index (κ2) is 5.90. The average Bonchev–Trinajstić information content (AvgIpc) is 2.89. The van der Waals surface area contributed by atoms with Crippen molar-refractivity contribution >= 4 is 10.0 Å². The lowest BCUT2D eigenvalue weighted by atomic mass is 10.1. The highest BCUT2D eigenvalue weighted by Crippen LogP contribution is 2.28. The first-order chi connectivity index (χ1) is 11.7. The topological polar surface area (TPSA) is 95.3 Å². The third kappa shape index (κ3) is 3.08. The van der Waals surface area contributed by atoms with Gasteiger partial charge < -0.3 is 4.42 Å². The molecule has 0 radical (unpaired) electrons. The summed E-state index contributed by atoms with van der Waals surface area (Å²) in [6, 6.07) is 5.76. The maximum Gasteiger partial charge on any atom is 0.424 e. The van der Waals surface area contributed by atoms with E-state index in [0.717, 1.165) is 23.0 Å². The van der Waals surface area contributed by atoms with E-state index in [4.69, 9.17) is 5.14 Å². The van der Waals surface area contributed by atoms with Gasteiger partial charge in [0.2, 0.25) is 10.0 Å². The Labute approximate surface area is 139 Å². The first-order valence-electron chi connectivity index (χ1n) is 6.67. The predicted octanol–water partition coefficient (Wildman–Crippen LogP) is 2.16. The van der Waals surface area contributed by atoms with Gasteiger partial charge in [0, 0.05) is 5.56 Å².